The molecule has 8 nitrogen and oxygen atoms in total. The average Bonchev–Trinajstić information content (AvgIpc) is 3.43. The van der Waals surface area contributed by atoms with Crippen molar-refractivity contribution in [3.63, 3.8) is 0 Å². The van der Waals surface area contributed by atoms with Crippen LogP contribution < -0.4 is 4.74 Å². The zero-order valence-electron chi connectivity index (χ0n) is 15.9. The van der Waals surface area contributed by atoms with Crippen molar-refractivity contribution in [1.82, 2.24) is 15.0 Å². The van der Waals surface area contributed by atoms with E-state index < -0.39 is 12.1 Å². The molecule has 3 heterocycles. The van der Waals surface area contributed by atoms with E-state index in [1.54, 1.807) is 12.3 Å². The van der Waals surface area contributed by atoms with Gasteiger partial charge < -0.3 is 19.3 Å². The third-order valence-corrected chi connectivity index (χ3v) is 4.66. The van der Waals surface area contributed by atoms with E-state index in [0.717, 1.165) is 23.4 Å². The van der Waals surface area contributed by atoms with Crippen LogP contribution in [-0.4, -0.2) is 44.7 Å². The van der Waals surface area contributed by atoms with E-state index in [2.05, 4.69) is 10.1 Å². The highest BCUT2D eigenvalue weighted by Gasteiger charge is 2.38. The van der Waals surface area contributed by atoms with Gasteiger partial charge in [0.05, 0.1) is 6.54 Å². The fourth-order valence-corrected chi connectivity index (χ4v) is 2.86. The fraction of sp³-hybridized carbons (Fsp3) is 0.474. The van der Waals surface area contributed by atoms with Crippen LogP contribution in [0, 0.1) is 5.92 Å². The molecule has 11 heteroatoms. The molecule has 0 spiro atoms. The number of hydrogen-bond donors (Lipinski definition) is 1. The van der Waals surface area contributed by atoms with Crippen molar-refractivity contribution < 1.29 is 37.1 Å². The van der Waals surface area contributed by atoms with Crippen LogP contribution in [-0.2, 0) is 29.2 Å². The van der Waals surface area contributed by atoms with Gasteiger partial charge in [-0.3, -0.25) is 4.79 Å². The van der Waals surface area contributed by atoms with Crippen LogP contribution in [0.25, 0.3) is 0 Å². The second kappa shape index (κ2) is 9.14. The zero-order chi connectivity index (χ0) is 21.7. The van der Waals surface area contributed by atoms with Crippen molar-refractivity contribution in [2.45, 2.75) is 45.0 Å². The second-order valence-corrected chi connectivity index (χ2v) is 7.00. The number of carboxylic acid groups (broad SMARTS) is 1. The lowest BCUT2D eigenvalue weighted by Crippen LogP contribution is -2.36. The van der Waals surface area contributed by atoms with Gasteiger partial charge >= 0.3 is 12.1 Å². The lowest BCUT2D eigenvalue weighted by atomic mass is 10.1. The minimum atomic E-state index is -5.08. The molecule has 0 unspecified atom stereocenters. The standard InChI is InChI=1S/C17H19N3O3.C2HF3O2/c21-17(9-12-4-5-12)20-8-6-15-13(10-20)14(19-23-15)11-22-16-3-1-2-7-18-16;3-2(4,5)1(6)7/h1-3,7,12H,4-6,8-11H2;(H,6,7). The summed E-state index contributed by atoms with van der Waals surface area (Å²) in [6.45, 7) is 1.60. The van der Waals surface area contributed by atoms with Crippen molar-refractivity contribution in [2.75, 3.05) is 6.54 Å². The molecule has 0 radical (unpaired) electrons. The Labute approximate surface area is 169 Å². The van der Waals surface area contributed by atoms with E-state index in [9.17, 15) is 18.0 Å². The number of nitrogens with zero attached hydrogens (tertiary/aromatic N) is 3. The van der Waals surface area contributed by atoms with Crippen LogP contribution in [0.5, 0.6) is 5.88 Å². The second-order valence-electron chi connectivity index (χ2n) is 7.00. The van der Waals surface area contributed by atoms with E-state index in [0.29, 0.717) is 37.9 Å². The Hall–Kier alpha value is -3.11. The van der Waals surface area contributed by atoms with Gasteiger partial charge in [-0.25, -0.2) is 9.78 Å². The molecule has 162 valence electrons. The maximum absolute atomic E-state index is 12.3. The third-order valence-electron chi connectivity index (χ3n) is 4.66. The van der Waals surface area contributed by atoms with Crippen LogP contribution in [0.4, 0.5) is 13.2 Å². The molecular weight excluding hydrogens is 407 g/mol. The molecule has 1 fully saturated rings. The highest BCUT2D eigenvalue weighted by atomic mass is 19.4. The minimum absolute atomic E-state index is 0.246. The summed E-state index contributed by atoms with van der Waals surface area (Å²) in [5.74, 6) is -0.469. The number of carbonyl (C=O) groups is 2. The smallest absolute Gasteiger partial charge is 0.475 e. The number of rotatable bonds is 5. The SMILES string of the molecule is O=C(CC1CC1)N1CCc2onc(COc3ccccn3)c2C1.O=C(O)C(F)(F)F. The number of halogens is 3. The van der Waals surface area contributed by atoms with E-state index in [-0.39, 0.29) is 5.91 Å². The Morgan fingerprint density at radius 1 is 1.30 bits per heavy atom. The molecule has 1 aliphatic heterocycles. The summed E-state index contributed by atoms with van der Waals surface area (Å²) in [7, 11) is 0. The summed E-state index contributed by atoms with van der Waals surface area (Å²) >= 11 is 0. The summed E-state index contributed by atoms with van der Waals surface area (Å²) in [4.78, 5) is 27.2. The highest BCUT2D eigenvalue weighted by molar-refractivity contribution is 5.77. The molecule has 0 saturated heterocycles. The number of ether oxygens (including phenoxy) is 1. The lowest BCUT2D eigenvalue weighted by Gasteiger charge is -2.26. The first-order valence-corrected chi connectivity index (χ1v) is 9.32. The molecule has 30 heavy (non-hydrogen) atoms. The Kier molecular flexibility index (Phi) is 6.58. The number of carbonyl (C=O) groups excluding carboxylic acids is 1. The summed E-state index contributed by atoms with van der Waals surface area (Å²) in [5, 5.41) is 11.2. The van der Waals surface area contributed by atoms with Crippen LogP contribution in [0.1, 0.15) is 36.3 Å². The molecule has 0 aromatic carbocycles. The first kappa shape index (κ1) is 21.6. The van der Waals surface area contributed by atoms with Gasteiger partial charge in [0.25, 0.3) is 0 Å². The highest BCUT2D eigenvalue weighted by Crippen LogP contribution is 2.34. The van der Waals surface area contributed by atoms with Gasteiger partial charge in [-0.1, -0.05) is 11.2 Å². The summed E-state index contributed by atoms with van der Waals surface area (Å²) in [6.07, 6.45) is 0.400. The molecule has 1 amide bonds. The zero-order valence-corrected chi connectivity index (χ0v) is 15.9. The molecule has 1 saturated carbocycles. The molecule has 1 aliphatic carbocycles. The molecule has 2 aliphatic rings. The predicted octanol–water partition coefficient (Wildman–Crippen LogP) is 2.97. The molecule has 4 rings (SSSR count). The van der Waals surface area contributed by atoms with Gasteiger partial charge in [0.2, 0.25) is 11.8 Å². The fourth-order valence-electron chi connectivity index (χ4n) is 2.86. The minimum Gasteiger partial charge on any atom is -0.475 e. The van der Waals surface area contributed by atoms with E-state index in [1.165, 1.54) is 12.8 Å². The van der Waals surface area contributed by atoms with Gasteiger partial charge in [-0.2, -0.15) is 13.2 Å². The van der Waals surface area contributed by atoms with Crippen LogP contribution in [0.15, 0.2) is 28.9 Å². The molecule has 0 atom stereocenters. The number of fused-ring (bicyclic) bond motifs is 1. The number of hydrogen-bond acceptors (Lipinski definition) is 6. The normalized spacial score (nSPS) is 15.6. The Balaban J connectivity index is 0.000000318. The van der Waals surface area contributed by atoms with E-state index in [1.807, 2.05) is 17.0 Å². The summed E-state index contributed by atoms with van der Waals surface area (Å²) in [6, 6.07) is 5.52. The van der Waals surface area contributed by atoms with Crippen molar-refractivity contribution in [3.8, 4) is 5.88 Å². The Bertz CT molecular complexity index is 881. The topological polar surface area (TPSA) is 106 Å². The monoisotopic (exact) mass is 427 g/mol. The third kappa shape index (κ3) is 5.94. The van der Waals surface area contributed by atoms with Crippen LogP contribution in [0.2, 0.25) is 0 Å². The predicted molar refractivity (Wildman–Crippen MR) is 95.2 cm³/mol. The van der Waals surface area contributed by atoms with Gasteiger partial charge in [0.15, 0.2) is 0 Å². The summed E-state index contributed by atoms with van der Waals surface area (Å²) < 4.78 is 42.8. The van der Waals surface area contributed by atoms with Gasteiger partial charge in [0.1, 0.15) is 18.1 Å². The molecule has 0 bridgehead atoms. The number of aromatic nitrogens is 2. The van der Waals surface area contributed by atoms with Gasteiger partial charge in [-0.15, -0.1) is 0 Å². The lowest BCUT2D eigenvalue weighted by molar-refractivity contribution is -0.192. The maximum atomic E-state index is 12.3. The van der Waals surface area contributed by atoms with Crippen molar-refractivity contribution in [1.29, 1.82) is 0 Å². The average molecular weight is 427 g/mol. The first-order valence-electron chi connectivity index (χ1n) is 9.32. The van der Waals surface area contributed by atoms with E-state index in [4.69, 9.17) is 19.2 Å². The number of aliphatic carboxylic acids is 1. The summed E-state index contributed by atoms with van der Waals surface area (Å²) in [5.41, 5.74) is 1.76. The Morgan fingerprint density at radius 2 is 2.03 bits per heavy atom. The number of carboxylic acids is 1. The van der Waals surface area contributed by atoms with Crippen molar-refractivity contribution >= 4 is 11.9 Å². The maximum Gasteiger partial charge on any atom is 0.490 e. The quantitative estimate of drug-likeness (QED) is 0.782. The van der Waals surface area contributed by atoms with E-state index >= 15 is 0 Å². The first-order chi connectivity index (χ1) is 14.2. The molecule has 2 aromatic heterocycles. The number of pyridine rings is 1. The van der Waals surface area contributed by atoms with Crippen LogP contribution in [0.3, 0.4) is 0 Å². The van der Waals surface area contributed by atoms with Gasteiger partial charge in [0, 0.05) is 37.2 Å². The Morgan fingerprint density at radius 3 is 2.63 bits per heavy atom. The number of alkyl halides is 3. The number of amides is 1. The van der Waals surface area contributed by atoms with Crippen LogP contribution >= 0.6 is 0 Å². The van der Waals surface area contributed by atoms with Crippen molar-refractivity contribution in [3.05, 3.63) is 41.4 Å². The molecule has 1 N–H and O–H groups in total. The van der Waals surface area contributed by atoms with Gasteiger partial charge in [-0.05, 0) is 24.8 Å². The molecular formula is C19H20F3N3O5. The molecule has 2 aromatic rings. The largest absolute Gasteiger partial charge is 0.490 e. The van der Waals surface area contributed by atoms with Crippen molar-refractivity contribution in [2.24, 2.45) is 5.92 Å².